The Morgan fingerprint density at radius 3 is 2.60 bits per heavy atom. The number of hydrogen-bond donors (Lipinski definition) is 0. The van der Waals surface area contributed by atoms with Crippen LogP contribution in [0.15, 0.2) is 36.7 Å². The molecule has 0 amide bonds. The van der Waals surface area contributed by atoms with Crippen LogP contribution in [0.2, 0.25) is 0 Å². The summed E-state index contributed by atoms with van der Waals surface area (Å²) in [6.07, 6.45) is 5.15. The highest BCUT2D eigenvalue weighted by atomic mass is 35.5. The number of aryl methyl sites for hydroxylation is 2. The Balaban J connectivity index is 2.23. The topological polar surface area (TPSA) is 17.8 Å². The first-order valence-electron chi connectivity index (χ1n) is 6.45. The van der Waals surface area contributed by atoms with E-state index in [1.807, 2.05) is 23.9 Å². The van der Waals surface area contributed by atoms with Gasteiger partial charge in [0, 0.05) is 43.0 Å². The second-order valence-electron chi connectivity index (χ2n) is 5.01. The van der Waals surface area contributed by atoms with Crippen LogP contribution in [-0.4, -0.2) is 21.3 Å². The first-order chi connectivity index (χ1) is 9.61. The summed E-state index contributed by atoms with van der Waals surface area (Å²) in [6, 6.07) is 6.52. The van der Waals surface area contributed by atoms with Crippen LogP contribution in [0.5, 0.6) is 0 Å². The summed E-state index contributed by atoms with van der Waals surface area (Å²) in [5, 5.41) is 0. The molecule has 2 aromatic rings. The average Bonchev–Trinajstić information content (AvgIpc) is 2.86. The maximum Gasteiger partial charge on any atom is 0.123 e. The van der Waals surface area contributed by atoms with Gasteiger partial charge in [-0.05, 0) is 24.1 Å². The molecule has 0 saturated carbocycles. The van der Waals surface area contributed by atoms with E-state index in [0.29, 0.717) is 11.8 Å². The van der Waals surface area contributed by atoms with E-state index in [4.69, 9.17) is 23.2 Å². The average molecular weight is 315 g/mol. The summed E-state index contributed by atoms with van der Waals surface area (Å²) in [6.45, 7) is 0. The van der Waals surface area contributed by atoms with Crippen LogP contribution in [0.4, 0.5) is 4.39 Å². The summed E-state index contributed by atoms with van der Waals surface area (Å²) < 4.78 is 15.4. The number of aromatic nitrogens is 2. The van der Waals surface area contributed by atoms with Crippen LogP contribution in [0.3, 0.4) is 0 Å². The second-order valence-corrected chi connectivity index (χ2v) is 5.55. The number of alkyl halides is 2. The summed E-state index contributed by atoms with van der Waals surface area (Å²) in [7, 11) is 1.95. The number of halogens is 3. The Bertz CT molecular complexity index is 565. The minimum Gasteiger partial charge on any atom is -0.338 e. The van der Waals surface area contributed by atoms with Crippen molar-refractivity contribution in [3.63, 3.8) is 0 Å². The van der Waals surface area contributed by atoms with Crippen molar-refractivity contribution in [2.45, 2.75) is 18.3 Å². The van der Waals surface area contributed by atoms with Crippen LogP contribution in [0.1, 0.15) is 17.8 Å². The van der Waals surface area contributed by atoms with Gasteiger partial charge in [-0.25, -0.2) is 9.37 Å². The van der Waals surface area contributed by atoms with Gasteiger partial charge in [-0.1, -0.05) is 12.1 Å². The zero-order chi connectivity index (χ0) is 14.6. The van der Waals surface area contributed by atoms with Gasteiger partial charge in [0.2, 0.25) is 0 Å². The molecule has 2 rings (SSSR count). The molecule has 1 aromatic carbocycles. The third-order valence-electron chi connectivity index (χ3n) is 3.70. The molecule has 0 fully saturated rings. The highest BCUT2D eigenvalue weighted by Gasteiger charge is 2.31. The van der Waals surface area contributed by atoms with Crippen LogP contribution in [0.25, 0.3) is 0 Å². The van der Waals surface area contributed by atoms with Crippen molar-refractivity contribution in [2.75, 3.05) is 11.8 Å². The molecule has 0 unspecified atom stereocenters. The van der Waals surface area contributed by atoms with Gasteiger partial charge in [-0.3, -0.25) is 0 Å². The molecule has 20 heavy (non-hydrogen) atoms. The van der Waals surface area contributed by atoms with Crippen molar-refractivity contribution in [2.24, 2.45) is 7.05 Å². The predicted molar refractivity (Wildman–Crippen MR) is 81.0 cm³/mol. The highest BCUT2D eigenvalue weighted by molar-refractivity contribution is 6.22. The molecular weight excluding hydrogens is 298 g/mol. The Labute approximate surface area is 128 Å². The van der Waals surface area contributed by atoms with E-state index in [-0.39, 0.29) is 5.82 Å². The molecule has 0 bridgehead atoms. The Morgan fingerprint density at radius 2 is 2.05 bits per heavy atom. The van der Waals surface area contributed by atoms with E-state index in [2.05, 4.69) is 4.98 Å². The second kappa shape index (κ2) is 6.59. The number of nitrogens with zero attached hydrogens (tertiary/aromatic N) is 2. The molecule has 1 aromatic heterocycles. The minimum atomic E-state index is -0.433. The maximum atomic E-state index is 13.4. The molecule has 0 saturated heterocycles. The van der Waals surface area contributed by atoms with Gasteiger partial charge in [0.05, 0.1) is 0 Å². The SMILES string of the molecule is Cn1ccnc1CCC(CCl)(CCl)c1cccc(F)c1. The van der Waals surface area contributed by atoms with Gasteiger partial charge in [0.25, 0.3) is 0 Å². The Kier molecular flexibility index (Phi) is 5.06. The third-order valence-corrected chi connectivity index (χ3v) is 4.72. The van der Waals surface area contributed by atoms with E-state index in [1.165, 1.54) is 12.1 Å². The number of imidazole rings is 1. The lowest BCUT2D eigenvalue weighted by atomic mass is 9.80. The Hall–Kier alpha value is -1.06. The lowest BCUT2D eigenvalue weighted by molar-refractivity contribution is 0.478. The van der Waals surface area contributed by atoms with Gasteiger partial charge in [0.1, 0.15) is 11.6 Å². The first-order valence-corrected chi connectivity index (χ1v) is 7.52. The van der Waals surface area contributed by atoms with Gasteiger partial charge in [0.15, 0.2) is 0 Å². The number of benzene rings is 1. The first kappa shape index (κ1) is 15.3. The largest absolute Gasteiger partial charge is 0.338 e. The highest BCUT2D eigenvalue weighted by Crippen LogP contribution is 2.32. The molecule has 0 N–H and O–H groups in total. The van der Waals surface area contributed by atoms with E-state index in [9.17, 15) is 4.39 Å². The van der Waals surface area contributed by atoms with E-state index in [0.717, 1.165) is 24.2 Å². The van der Waals surface area contributed by atoms with E-state index >= 15 is 0 Å². The van der Waals surface area contributed by atoms with E-state index < -0.39 is 5.41 Å². The van der Waals surface area contributed by atoms with Gasteiger partial charge < -0.3 is 4.57 Å². The zero-order valence-corrected chi connectivity index (χ0v) is 12.8. The van der Waals surface area contributed by atoms with Crippen LogP contribution in [-0.2, 0) is 18.9 Å². The predicted octanol–water partition coefficient (Wildman–Crippen LogP) is 3.91. The molecule has 108 valence electrons. The molecular formula is C15H17Cl2FN2. The summed E-state index contributed by atoms with van der Waals surface area (Å²) >= 11 is 12.3. The van der Waals surface area contributed by atoms with Crippen molar-refractivity contribution in [3.8, 4) is 0 Å². The standard InChI is InChI=1S/C15H17Cl2FN2/c1-20-8-7-19-14(20)5-6-15(10-16,11-17)12-3-2-4-13(18)9-12/h2-4,7-9H,5-6,10-11H2,1H3. The van der Waals surface area contributed by atoms with Crippen molar-refractivity contribution in [3.05, 3.63) is 53.9 Å². The molecule has 0 aliphatic rings. The maximum absolute atomic E-state index is 13.4. The third kappa shape index (κ3) is 3.15. The van der Waals surface area contributed by atoms with Gasteiger partial charge in [-0.15, -0.1) is 23.2 Å². The molecule has 0 aliphatic heterocycles. The molecule has 0 aliphatic carbocycles. The molecule has 0 radical (unpaired) electrons. The summed E-state index contributed by atoms with van der Waals surface area (Å²) in [5.74, 6) is 1.41. The van der Waals surface area contributed by atoms with Gasteiger partial charge in [-0.2, -0.15) is 0 Å². The fourth-order valence-corrected chi connectivity index (χ4v) is 3.14. The molecule has 0 spiro atoms. The fourth-order valence-electron chi connectivity index (χ4n) is 2.27. The molecule has 1 heterocycles. The summed E-state index contributed by atoms with van der Waals surface area (Å²) in [5.41, 5.74) is 0.411. The van der Waals surface area contributed by atoms with Crippen LogP contribution < -0.4 is 0 Å². The van der Waals surface area contributed by atoms with E-state index in [1.54, 1.807) is 12.3 Å². The van der Waals surface area contributed by atoms with Crippen LogP contribution in [0, 0.1) is 5.82 Å². The minimum absolute atomic E-state index is 0.265. The van der Waals surface area contributed by atoms with Crippen molar-refractivity contribution in [1.29, 1.82) is 0 Å². The molecule has 0 atom stereocenters. The zero-order valence-electron chi connectivity index (χ0n) is 11.3. The van der Waals surface area contributed by atoms with Gasteiger partial charge >= 0.3 is 0 Å². The lowest BCUT2D eigenvalue weighted by Crippen LogP contribution is -2.31. The summed E-state index contributed by atoms with van der Waals surface area (Å²) in [4.78, 5) is 4.30. The monoisotopic (exact) mass is 314 g/mol. The van der Waals surface area contributed by atoms with Crippen molar-refractivity contribution >= 4 is 23.2 Å². The fraction of sp³-hybridized carbons (Fsp3) is 0.400. The smallest absolute Gasteiger partial charge is 0.123 e. The Morgan fingerprint density at radius 1 is 1.30 bits per heavy atom. The number of rotatable bonds is 6. The number of hydrogen-bond acceptors (Lipinski definition) is 1. The molecule has 2 nitrogen and oxygen atoms in total. The van der Waals surface area contributed by atoms with Crippen molar-refractivity contribution in [1.82, 2.24) is 9.55 Å². The quantitative estimate of drug-likeness (QED) is 0.739. The lowest BCUT2D eigenvalue weighted by Gasteiger charge is -2.30. The normalized spacial score (nSPS) is 11.8. The van der Waals surface area contributed by atoms with Crippen LogP contribution >= 0.6 is 23.2 Å². The molecule has 5 heteroatoms. The van der Waals surface area contributed by atoms with Crippen molar-refractivity contribution < 1.29 is 4.39 Å².